The first-order valence-corrected chi connectivity index (χ1v) is 9.50. The van der Waals surface area contributed by atoms with Crippen molar-refractivity contribution in [2.24, 2.45) is 28.6 Å². The molecule has 5 rings (SSSR count). The molecule has 2 nitrogen and oxygen atoms in total. The van der Waals surface area contributed by atoms with Gasteiger partial charge in [-0.1, -0.05) is 25.5 Å². The molecule has 1 saturated heterocycles. The number of hydrogen-bond donors (Lipinski definition) is 1. The maximum absolute atomic E-state index is 10.1. The van der Waals surface area contributed by atoms with Crippen LogP contribution in [0.2, 0.25) is 0 Å². The highest BCUT2D eigenvalue weighted by Gasteiger charge is 2.69. The quantitative estimate of drug-likeness (QED) is 0.540. The molecule has 0 aromatic heterocycles. The molecule has 3 saturated carbocycles. The number of fused-ring (bicyclic) bond motifs is 6. The summed E-state index contributed by atoms with van der Waals surface area (Å²) in [5.74, 6) is 2.59. The second-order valence-corrected chi connectivity index (χ2v) is 9.43. The standard InChI is InChI=1S/C20H30O2/c1-18-8-5-14(21)11-13(18)3-4-15-16(18)6-9-19(2)17(15)7-10-20(19)12-22-20/h3,14-17,21H,4-12H2,1-2H3/t14?,15?,16?,17?,18?,19?,20-/m0/s1. The zero-order valence-corrected chi connectivity index (χ0v) is 14.1. The van der Waals surface area contributed by atoms with E-state index in [4.69, 9.17) is 4.74 Å². The summed E-state index contributed by atoms with van der Waals surface area (Å²) in [5, 5.41) is 10.1. The van der Waals surface area contributed by atoms with Gasteiger partial charge in [0.1, 0.15) is 0 Å². The fraction of sp³-hybridized carbons (Fsp3) is 0.900. The van der Waals surface area contributed by atoms with Gasteiger partial charge in [-0.15, -0.1) is 0 Å². The maximum Gasteiger partial charge on any atom is 0.0972 e. The Morgan fingerprint density at radius 2 is 1.86 bits per heavy atom. The summed E-state index contributed by atoms with van der Waals surface area (Å²) in [7, 11) is 0. The Balaban J connectivity index is 1.51. The summed E-state index contributed by atoms with van der Waals surface area (Å²) in [6.45, 7) is 6.09. The molecule has 0 aromatic carbocycles. The first-order valence-electron chi connectivity index (χ1n) is 9.50. The molecule has 1 spiro atoms. The van der Waals surface area contributed by atoms with Crippen LogP contribution >= 0.6 is 0 Å². The molecule has 0 amide bonds. The molecule has 0 bridgehead atoms. The van der Waals surface area contributed by atoms with Gasteiger partial charge < -0.3 is 9.84 Å². The van der Waals surface area contributed by atoms with Gasteiger partial charge in [0.15, 0.2) is 0 Å². The number of ether oxygens (including phenoxy) is 1. The van der Waals surface area contributed by atoms with E-state index < -0.39 is 0 Å². The fourth-order valence-corrected chi connectivity index (χ4v) is 7.30. The summed E-state index contributed by atoms with van der Waals surface area (Å²) >= 11 is 0. The lowest BCUT2D eigenvalue weighted by Crippen LogP contribution is -2.51. The number of rotatable bonds is 0. The molecule has 4 fully saturated rings. The van der Waals surface area contributed by atoms with Crippen LogP contribution in [-0.4, -0.2) is 23.4 Å². The Hall–Kier alpha value is -0.340. The SMILES string of the molecule is CC12CCC(O)CC1=CCC1C2CCC2(C)C1CC[C@]21CO1. The topological polar surface area (TPSA) is 32.8 Å². The number of allylic oxidation sites excluding steroid dienone is 1. The van der Waals surface area contributed by atoms with E-state index >= 15 is 0 Å². The monoisotopic (exact) mass is 302 g/mol. The zero-order valence-electron chi connectivity index (χ0n) is 14.1. The van der Waals surface area contributed by atoms with Crippen LogP contribution in [0.1, 0.15) is 65.2 Å². The van der Waals surface area contributed by atoms with Gasteiger partial charge in [0.2, 0.25) is 0 Å². The van der Waals surface area contributed by atoms with E-state index in [1.54, 1.807) is 5.57 Å². The van der Waals surface area contributed by atoms with Gasteiger partial charge in [-0.3, -0.25) is 0 Å². The van der Waals surface area contributed by atoms with Crippen LogP contribution in [0.3, 0.4) is 0 Å². The molecule has 22 heavy (non-hydrogen) atoms. The van der Waals surface area contributed by atoms with E-state index in [0.717, 1.165) is 37.2 Å². The first-order chi connectivity index (χ1) is 10.5. The number of hydrogen-bond acceptors (Lipinski definition) is 2. The largest absolute Gasteiger partial charge is 0.393 e. The van der Waals surface area contributed by atoms with Crippen molar-refractivity contribution in [3.8, 4) is 0 Å². The molecule has 6 unspecified atom stereocenters. The van der Waals surface area contributed by atoms with E-state index in [1.807, 2.05) is 0 Å². The molecule has 5 aliphatic rings. The smallest absolute Gasteiger partial charge is 0.0972 e. The van der Waals surface area contributed by atoms with Crippen LogP contribution in [0.5, 0.6) is 0 Å². The van der Waals surface area contributed by atoms with Crippen LogP contribution in [0.4, 0.5) is 0 Å². The van der Waals surface area contributed by atoms with Gasteiger partial charge in [0.05, 0.1) is 18.3 Å². The van der Waals surface area contributed by atoms with Gasteiger partial charge in [-0.2, -0.15) is 0 Å². The fourth-order valence-electron chi connectivity index (χ4n) is 7.30. The molecule has 0 radical (unpaired) electrons. The van der Waals surface area contributed by atoms with Crippen LogP contribution in [-0.2, 0) is 4.74 Å². The molecule has 0 aromatic rings. The van der Waals surface area contributed by atoms with E-state index in [1.165, 1.54) is 38.5 Å². The van der Waals surface area contributed by atoms with Gasteiger partial charge in [0.25, 0.3) is 0 Å². The molecule has 2 heteroatoms. The van der Waals surface area contributed by atoms with Crippen molar-refractivity contribution < 1.29 is 9.84 Å². The Bertz CT molecular complexity index is 534. The molecular weight excluding hydrogens is 272 g/mol. The summed E-state index contributed by atoms with van der Waals surface area (Å²) in [6.07, 6.45) is 12.3. The molecule has 4 aliphatic carbocycles. The van der Waals surface area contributed by atoms with E-state index in [0.29, 0.717) is 10.8 Å². The lowest BCUT2D eigenvalue weighted by Gasteiger charge is -2.57. The van der Waals surface area contributed by atoms with Crippen LogP contribution in [0.15, 0.2) is 11.6 Å². The van der Waals surface area contributed by atoms with Gasteiger partial charge >= 0.3 is 0 Å². The summed E-state index contributed by atoms with van der Waals surface area (Å²) < 4.78 is 6.01. The summed E-state index contributed by atoms with van der Waals surface area (Å²) in [6, 6.07) is 0. The zero-order chi connectivity index (χ0) is 15.2. The first kappa shape index (κ1) is 14.0. The molecule has 1 N–H and O–H groups in total. The average Bonchev–Trinajstić information content (AvgIpc) is 3.22. The third-order valence-electron chi connectivity index (χ3n) is 8.86. The van der Waals surface area contributed by atoms with Crippen LogP contribution in [0.25, 0.3) is 0 Å². The van der Waals surface area contributed by atoms with Crippen molar-refractivity contribution >= 4 is 0 Å². The highest BCUT2D eigenvalue weighted by atomic mass is 16.6. The molecule has 1 heterocycles. The lowest BCUT2D eigenvalue weighted by atomic mass is 9.47. The minimum absolute atomic E-state index is 0.0839. The predicted molar refractivity (Wildman–Crippen MR) is 86.4 cm³/mol. The molecule has 122 valence electrons. The Labute approximate surface area is 134 Å². The highest BCUT2D eigenvalue weighted by Crippen LogP contribution is 2.70. The number of aliphatic hydroxyl groups is 1. The summed E-state index contributed by atoms with van der Waals surface area (Å²) in [5.41, 5.74) is 2.69. The Morgan fingerprint density at radius 3 is 2.64 bits per heavy atom. The van der Waals surface area contributed by atoms with Crippen molar-refractivity contribution in [1.82, 2.24) is 0 Å². The van der Waals surface area contributed by atoms with Gasteiger partial charge in [-0.25, -0.2) is 0 Å². The molecular formula is C20H30O2. The van der Waals surface area contributed by atoms with Crippen LogP contribution < -0.4 is 0 Å². The number of epoxide rings is 1. The van der Waals surface area contributed by atoms with Gasteiger partial charge in [-0.05, 0) is 74.5 Å². The van der Waals surface area contributed by atoms with Crippen molar-refractivity contribution in [2.45, 2.75) is 76.9 Å². The number of aliphatic hydroxyl groups excluding tert-OH is 1. The van der Waals surface area contributed by atoms with Crippen molar-refractivity contribution in [2.75, 3.05) is 6.61 Å². The summed E-state index contributed by atoms with van der Waals surface area (Å²) in [4.78, 5) is 0. The Kier molecular flexibility index (Phi) is 2.67. The second-order valence-electron chi connectivity index (χ2n) is 9.43. The van der Waals surface area contributed by atoms with Crippen molar-refractivity contribution in [1.29, 1.82) is 0 Å². The molecule has 7 atom stereocenters. The van der Waals surface area contributed by atoms with Crippen LogP contribution in [0, 0.1) is 28.6 Å². The lowest BCUT2D eigenvalue weighted by molar-refractivity contribution is -0.0556. The minimum Gasteiger partial charge on any atom is -0.393 e. The molecule has 1 aliphatic heterocycles. The van der Waals surface area contributed by atoms with E-state index in [2.05, 4.69) is 19.9 Å². The third-order valence-corrected chi connectivity index (χ3v) is 8.86. The van der Waals surface area contributed by atoms with Crippen molar-refractivity contribution in [3.63, 3.8) is 0 Å². The normalized spacial score (nSPS) is 59.5. The highest BCUT2D eigenvalue weighted by molar-refractivity contribution is 5.27. The average molecular weight is 302 g/mol. The maximum atomic E-state index is 10.1. The third kappa shape index (κ3) is 1.54. The van der Waals surface area contributed by atoms with Gasteiger partial charge in [0, 0.05) is 5.41 Å². The Morgan fingerprint density at radius 1 is 1.09 bits per heavy atom. The van der Waals surface area contributed by atoms with Crippen molar-refractivity contribution in [3.05, 3.63) is 11.6 Å². The van der Waals surface area contributed by atoms with E-state index in [-0.39, 0.29) is 11.7 Å². The second kappa shape index (κ2) is 4.19. The predicted octanol–water partition coefficient (Wildman–Crippen LogP) is 4.08. The minimum atomic E-state index is -0.0839. The van der Waals surface area contributed by atoms with E-state index in [9.17, 15) is 5.11 Å².